The Kier molecular flexibility index (Phi) is 4.50. The molecule has 3 aromatic rings. The highest BCUT2D eigenvalue weighted by atomic mass is 35.5. The lowest BCUT2D eigenvalue weighted by Crippen LogP contribution is -2.28. The van der Waals surface area contributed by atoms with E-state index in [2.05, 4.69) is 10.3 Å². The molecule has 0 spiro atoms. The lowest BCUT2D eigenvalue weighted by Gasteiger charge is -2.20. The molecule has 0 bridgehead atoms. The van der Waals surface area contributed by atoms with Crippen LogP contribution >= 0.6 is 22.9 Å². The first-order valence-electron chi connectivity index (χ1n) is 7.20. The van der Waals surface area contributed by atoms with Crippen LogP contribution in [0.25, 0.3) is 10.9 Å². The summed E-state index contributed by atoms with van der Waals surface area (Å²) in [5, 5.41) is 16.7. The van der Waals surface area contributed by atoms with Crippen LogP contribution < -0.4 is 5.32 Å². The molecule has 118 valence electrons. The molecule has 0 saturated heterocycles. The van der Waals surface area contributed by atoms with E-state index in [9.17, 15) is 9.90 Å². The van der Waals surface area contributed by atoms with Crippen LogP contribution in [0.15, 0.2) is 41.9 Å². The van der Waals surface area contributed by atoms with E-state index in [0.29, 0.717) is 27.9 Å². The van der Waals surface area contributed by atoms with Crippen molar-refractivity contribution in [3.8, 4) is 5.75 Å². The van der Waals surface area contributed by atoms with Gasteiger partial charge in [-0.1, -0.05) is 24.6 Å². The number of rotatable bonds is 4. The number of phenolic OH excluding ortho intramolecular Hbond substituents is 1. The summed E-state index contributed by atoms with van der Waals surface area (Å²) in [4.78, 5) is 17.1. The Morgan fingerprint density at radius 1 is 1.43 bits per heavy atom. The Morgan fingerprint density at radius 2 is 2.26 bits per heavy atom. The largest absolute Gasteiger partial charge is 0.505 e. The second-order valence-electron chi connectivity index (χ2n) is 5.07. The molecule has 2 aromatic heterocycles. The Bertz CT molecular complexity index is 849. The first-order valence-corrected chi connectivity index (χ1v) is 8.46. The third-order valence-electron chi connectivity index (χ3n) is 3.61. The van der Waals surface area contributed by atoms with Gasteiger partial charge < -0.3 is 10.4 Å². The molecule has 0 radical (unpaired) electrons. The van der Waals surface area contributed by atoms with Gasteiger partial charge in [-0.3, -0.25) is 9.78 Å². The highest BCUT2D eigenvalue weighted by Gasteiger charge is 2.23. The molecular weight excluding hydrogens is 332 g/mol. The van der Waals surface area contributed by atoms with Gasteiger partial charge in [0.2, 0.25) is 5.91 Å². The number of hydrogen-bond donors (Lipinski definition) is 2. The van der Waals surface area contributed by atoms with E-state index in [1.807, 2.05) is 17.5 Å². The average Bonchev–Trinajstić information content (AvgIpc) is 3.10. The molecular formula is C17H15ClN2O2S. The smallest absolute Gasteiger partial charge is 0.220 e. The van der Waals surface area contributed by atoms with Crippen molar-refractivity contribution in [2.45, 2.75) is 19.4 Å². The number of nitrogens with one attached hydrogen (secondary N) is 1. The van der Waals surface area contributed by atoms with Gasteiger partial charge in [0.15, 0.2) is 0 Å². The molecule has 1 atom stereocenters. The Balaban J connectivity index is 2.18. The highest BCUT2D eigenvalue weighted by Crippen LogP contribution is 2.39. The SMILES string of the molecule is CCC(=O)N[C@@H](c1cccs1)c1cc(Cl)c2cccnc2c1O. The number of hydrogen-bond acceptors (Lipinski definition) is 4. The van der Waals surface area contributed by atoms with Crippen molar-refractivity contribution >= 4 is 39.7 Å². The van der Waals surface area contributed by atoms with Crippen molar-refractivity contribution in [1.29, 1.82) is 0 Å². The molecule has 0 fully saturated rings. The number of benzene rings is 1. The summed E-state index contributed by atoms with van der Waals surface area (Å²) < 4.78 is 0. The first-order chi connectivity index (χ1) is 11.1. The minimum Gasteiger partial charge on any atom is -0.505 e. The summed E-state index contributed by atoms with van der Waals surface area (Å²) >= 11 is 7.86. The maximum Gasteiger partial charge on any atom is 0.220 e. The van der Waals surface area contributed by atoms with E-state index >= 15 is 0 Å². The van der Waals surface area contributed by atoms with Gasteiger partial charge in [-0.2, -0.15) is 0 Å². The number of pyridine rings is 1. The molecule has 2 N–H and O–H groups in total. The van der Waals surface area contributed by atoms with E-state index in [-0.39, 0.29) is 11.7 Å². The fourth-order valence-corrected chi connectivity index (χ4v) is 3.51. The van der Waals surface area contributed by atoms with Crippen molar-refractivity contribution in [2.75, 3.05) is 0 Å². The molecule has 23 heavy (non-hydrogen) atoms. The lowest BCUT2D eigenvalue weighted by atomic mass is 10.0. The minimum absolute atomic E-state index is 0.0415. The quantitative estimate of drug-likeness (QED) is 0.741. The van der Waals surface area contributed by atoms with Crippen LogP contribution in [0.3, 0.4) is 0 Å². The molecule has 6 heteroatoms. The van der Waals surface area contributed by atoms with Crippen molar-refractivity contribution in [3.63, 3.8) is 0 Å². The van der Waals surface area contributed by atoms with E-state index in [1.54, 1.807) is 31.3 Å². The predicted octanol–water partition coefficient (Wildman–Crippen LogP) is 4.27. The third-order valence-corrected chi connectivity index (χ3v) is 4.86. The number of nitrogens with zero attached hydrogens (tertiary/aromatic N) is 1. The Morgan fingerprint density at radius 3 is 2.96 bits per heavy atom. The van der Waals surface area contributed by atoms with E-state index in [0.717, 1.165) is 4.88 Å². The van der Waals surface area contributed by atoms with Gasteiger partial charge in [-0.25, -0.2) is 0 Å². The van der Waals surface area contributed by atoms with Gasteiger partial charge >= 0.3 is 0 Å². The predicted molar refractivity (Wildman–Crippen MR) is 93.0 cm³/mol. The maximum absolute atomic E-state index is 11.9. The van der Waals surface area contributed by atoms with Crippen molar-refractivity contribution < 1.29 is 9.90 Å². The standard InChI is InChI=1S/C17H15ClN2O2S/c1-2-14(21)20-15(13-6-4-8-23-13)11-9-12(18)10-5-3-7-19-16(10)17(11)22/h3-9,15,22H,2H2,1H3,(H,20,21)/t15-/m1/s1. The summed E-state index contributed by atoms with van der Waals surface area (Å²) in [7, 11) is 0. The molecule has 0 unspecified atom stereocenters. The van der Waals surface area contributed by atoms with Crippen LogP contribution in [-0.4, -0.2) is 16.0 Å². The topological polar surface area (TPSA) is 62.2 Å². The average molecular weight is 347 g/mol. The van der Waals surface area contributed by atoms with E-state index in [1.165, 1.54) is 11.3 Å². The zero-order chi connectivity index (χ0) is 16.4. The van der Waals surface area contributed by atoms with E-state index < -0.39 is 6.04 Å². The Hall–Kier alpha value is -2.11. The summed E-state index contributed by atoms with van der Waals surface area (Å²) in [6.45, 7) is 1.79. The highest BCUT2D eigenvalue weighted by molar-refractivity contribution is 7.10. The molecule has 0 aliphatic rings. The molecule has 2 heterocycles. The summed E-state index contributed by atoms with van der Waals surface area (Å²) in [6, 6.07) is 8.64. The normalized spacial score (nSPS) is 12.3. The van der Waals surface area contributed by atoms with Crippen LogP contribution in [-0.2, 0) is 4.79 Å². The van der Waals surface area contributed by atoms with Gasteiger partial charge in [0.05, 0.1) is 11.1 Å². The fourth-order valence-electron chi connectivity index (χ4n) is 2.45. The van der Waals surface area contributed by atoms with Crippen molar-refractivity contribution in [1.82, 2.24) is 10.3 Å². The number of thiophene rings is 1. The maximum atomic E-state index is 11.9. The van der Waals surface area contributed by atoms with Crippen LogP contribution in [0.4, 0.5) is 0 Å². The number of aromatic nitrogens is 1. The Labute approximate surface area is 142 Å². The first kappa shape index (κ1) is 15.8. The van der Waals surface area contributed by atoms with Crippen LogP contribution in [0.5, 0.6) is 5.75 Å². The van der Waals surface area contributed by atoms with Crippen molar-refractivity contribution in [3.05, 3.63) is 57.4 Å². The monoisotopic (exact) mass is 346 g/mol. The molecule has 3 rings (SSSR count). The molecule has 0 aliphatic carbocycles. The molecule has 4 nitrogen and oxygen atoms in total. The van der Waals surface area contributed by atoms with Gasteiger partial charge in [0, 0.05) is 28.4 Å². The van der Waals surface area contributed by atoms with Crippen LogP contribution in [0.1, 0.15) is 29.8 Å². The van der Waals surface area contributed by atoms with Gasteiger partial charge in [-0.05, 0) is 29.6 Å². The summed E-state index contributed by atoms with van der Waals surface area (Å²) in [5.41, 5.74) is 0.979. The van der Waals surface area contributed by atoms with Crippen LogP contribution in [0.2, 0.25) is 5.02 Å². The second-order valence-corrected chi connectivity index (χ2v) is 6.45. The number of carbonyl (C=O) groups excluding carboxylic acids is 1. The molecule has 1 aromatic carbocycles. The number of phenols is 1. The number of halogens is 1. The second kappa shape index (κ2) is 6.56. The number of amides is 1. The number of fused-ring (bicyclic) bond motifs is 1. The van der Waals surface area contributed by atoms with Crippen LogP contribution in [0, 0.1) is 0 Å². The zero-order valence-corrected chi connectivity index (χ0v) is 14.0. The summed E-state index contributed by atoms with van der Waals surface area (Å²) in [6.07, 6.45) is 1.97. The van der Waals surface area contributed by atoms with Gasteiger partial charge in [-0.15, -0.1) is 11.3 Å². The minimum atomic E-state index is -0.452. The molecule has 1 amide bonds. The van der Waals surface area contributed by atoms with E-state index in [4.69, 9.17) is 11.6 Å². The zero-order valence-electron chi connectivity index (χ0n) is 12.4. The van der Waals surface area contributed by atoms with Gasteiger partial charge in [0.1, 0.15) is 11.3 Å². The molecule has 0 aliphatic heterocycles. The van der Waals surface area contributed by atoms with Crippen molar-refractivity contribution in [2.24, 2.45) is 0 Å². The molecule has 0 saturated carbocycles. The fraction of sp³-hybridized carbons (Fsp3) is 0.176. The lowest BCUT2D eigenvalue weighted by molar-refractivity contribution is -0.121. The number of aromatic hydroxyl groups is 1. The summed E-state index contributed by atoms with van der Waals surface area (Å²) in [5.74, 6) is -0.0557. The third kappa shape index (κ3) is 3.02. The number of carbonyl (C=O) groups is 1. The van der Waals surface area contributed by atoms with Gasteiger partial charge in [0.25, 0.3) is 0 Å².